The second-order valence-electron chi connectivity index (χ2n) is 16.8. The number of unbranched alkanes of at least 4 members (excludes halogenated alkanes) is 36. The smallest absolute Gasteiger partial charge is 0.391 e. The average Bonchev–Trinajstić information content (AvgIpc) is 3.14. The van der Waals surface area contributed by atoms with Crippen LogP contribution in [0.15, 0.2) is 0 Å². The molecule has 7 nitrogen and oxygen atoms in total. The standard InChI is InChI=1S/C46H94NO6P/c1-3-5-7-9-11-13-15-17-19-21-22-23-24-26-28-30-32-34-36-38-40-42-46(49)47-44(43-53-54(50,51)52)45(48)41-39-37-35-33-31-29-27-25-20-18-16-14-12-10-8-6-4-2/h44-45,48H,3-43H2,1-2H3,(H,47,49)(H2,50,51,52)/t44-,45+/m0/s1. The van der Waals surface area contributed by atoms with Crippen molar-refractivity contribution in [3.63, 3.8) is 0 Å². The molecule has 0 aliphatic carbocycles. The van der Waals surface area contributed by atoms with E-state index in [4.69, 9.17) is 4.52 Å². The highest BCUT2D eigenvalue weighted by Crippen LogP contribution is 2.36. The fourth-order valence-corrected chi connectivity index (χ4v) is 8.06. The summed E-state index contributed by atoms with van der Waals surface area (Å²) in [5.41, 5.74) is 0. The first-order valence-electron chi connectivity index (χ1n) is 24.0. The summed E-state index contributed by atoms with van der Waals surface area (Å²) in [6, 6.07) is -0.818. The summed E-state index contributed by atoms with van der Waals surface area (Å²) in [6.07, 6.45) is 49.5. The molecule has 0 aromatic heterocycles. The molecule has 1 amide bonds. The van der Waals surface area contributed by atoms with Crippen LogP contribution in [0.4, 0.5) is 0 Å². The van der Waals surface area contributed by atoms with Crippen LogP contribution in [0.2, 0.25) is 0 Å². The second-order valence-corrected chi connectivity index (χ2v) is 18.0. The van der Waals surface area contributed by atoms with Crippen molar-refractivity contribution in [2.45, 2.75) is 283 Å². The van der Waals surface area contributed by atoms with E-state index in [0.717, 1.165) is 38.5 Å². The van der Waals surface area contributed by atoms with Crippen LogP contribution in [-0.4, -0.2) is 39.6 Å². The minimum atomic E-state index is -4.69. The van der Waals surface area contributed by atoms with Gasteiger partial charge in [0.2, 0.25) is 5.91 Å². The molecule has 0 heterocycles. The normalized spacial score (nSPS) is 13.1. The van der Waals surface area contributed by atoms with E-state index in [-0.39, 0.29) is 5.91 Å². The van der Waals surface area contributed by atoms with Gasteiger partial charge in [0.15, 0.2) is 0 Å². The summed E-state index contributed by atoms with van der Waals surface area (Å²) < 4.78 is 16.0. The van der Waals surface area contributed by atoms with Gasteiger partial charge < -0.3 is 20.2 Å². The van der Waals surface area contributed by atoms with E-state index in [2.05, 4.69) is 19.2 Å². The number of aliphatic hydroxyl groups is 1. The Labute approximate surface area is 336 Å². The highest BCUT2D eigenvalue weighted by Gasteiger charge is 2.25. The maximum atomic E-state index is 12.6. The lowest BCUT2D eigenvalue weighted by molar-refractivity contribution is -0.123. The summed E-state index contributed by atoms with van der Waals surface area (Å²) >= 11 is 0. The van der Waals surface area contributed by atoms with Gasteiger partial charge in [0.1, 0.15) is 0 Å². The molecule has 0 aliphatic heterocycles. The second kappa shape index (κ2) is 42.2. The van der Waals surface area contributed by atoms with Crippen LogP contribution in [0.1, 0.15) is 271 Å². The van der Waals surface area contributed by atoms with E-state index in [0.29, 0.717) is 12.8 Å². The first kappa shape index (κ1) is 53.5. The van der Waals surface area contributed by atoms with E-state index in [1.54, 1.807) is 0 Å². The molecular formula is C46H94NO6P. The number of hydrogen-bond acceptors (Lipinski definition) is 4. The molecule has 0 saturated heterocycles. The first-order valence-corrected chi connectivity index (χ1v) is 25.5. The van der Waals surface area contributed by atoms with Gasteiger partial charge >= 0.3 is 7.82 Å². The third-order valence-corrected chi connectivity index (χ3v) is 11.8. The van der Waals surface area contributed by atoms with Gasteiger partial charge in [-0.05, 0) is 12.8 Å². The molecule has 0 rings (SSSR count). The summed E-state index contributed by atoms with van der Waals surface area (Å²) in [4.78, 5) is 31.0. The third-order valence-electron chi connectivity index (χ3n) is 11.3. The van der Waals surface area contributed by atoms with Crippen LogP contribution in [0.5, 0.6) is 0 Å². The van der Waals surface area contributed by atoms with Gasteiger partial charge in [0, 0.05) is 6.42 Å². The molecule has 324 valence electrons. The predicted molar refractivity (Wildman–Crippen MR) is 232 cm³/mol. The zero-order valence-corrected chi connectivity index (χ0v) is 37.1. The molecule has 0 aromatic rings. The first-order chi connectivity index (χ1) is 26.3. The van der Waals surface area contributed by atoms with Gasteiger partial charge in [-0.15, -0.1) is 0 Å². The maximum Gasteiger partial charge on any atom is 0.469 e. The van der Waals surface area contributed by atoms with Gasteiger partial charge in [-0.2, -0.15) is 0 Å². The minimum absolute atomic E-state index is 0.187. The molecule has 0 unspecified atom stereocenters. The van der Waals surface area contributed by atoms with Crippen molar-refractivity contribution in [3.8, 4) is 0 Å². The van der Waals surface area contributed by atoms with Crippen molar-refractivity contribution in [1.29, 1.82) is 0 Å². The van der Waals surface area contributed by atoms with E-state index in [1.165, 1.54) is 205 Å². The summed E-state index contributed by atoms with van der Waals surface area (Å²) in [5, 5.41) is 13.6. The van der Waals surface area contributed by atoms with Crippen LogP contribution in [0, 0.1) is 0 Å². The fraction of sp³-hybridized carbons (Fsp3) is 0.978. The Hall–Kier alpha value is -0.460. The molecule has 0 radical (unpaired) electrons. The zero-order chi connectivity index (χ0) is 39.6. The van der Waals surface area contributed by atoms with Crippen LogP contribution in [-0.2, 0) is 13.9 Å². The molecule has 0 aromatic carbocycles. The van der Waals surface area contributed by atoms with Crippen LogP contribution < -0.4 is 5.32 Å². The number of carbonyl (C=O) groups excluding carboxylic acids is 1. The van der Waals surface area contributed by atoms with E-state index >= 15 is 0 Å². The van der Waals surface area contributed by atoms with Gasteiger partial charge in [-0.3, -0.25) is 9.32 Å². The number of hydrogen-bond donors (Lipinski definition) is 4. The van der Waals surface area contributed by atoms with Gasteiger partial charge in [-0.1, -0.05) is 251 Å². The van der Waals surface area contributed by atoms with Crippen molar-refractivity contribution >= 4 is 13.7 Å². The Balaban J connectivity index is 3.79. The maximum absolute atomic E-state index is 12.6. The summed E-state index contributed by atoms with van der Waals surface area (Å²) in [7, 11) is -4.69. The van der Waals surface area contributed by atoms with E-state index in [1.807, 2.05) is 0 Å². The van der Waals surface area contributed by atoms with Crippen molar-refractivity contribution in [1.82, 2.24) is 5.32 Å². The lowest BCUT2D eigenvalue weighted by Gasteiger charge is -2.24. The van der Waals surface area contributed by atoms with Gasteiger partial charge in [-0.25, -0.2) is 4.57 Å². The molecule has 8 heteroatoms. The molecule has 0 saturated carbocycles. The Morgan fingerprint density at radius 1 is 0.463 bits per heavy atom. The highest BCUT2D eigenvalue weighted by atomic mass is 31.2. The minimum Gasteiger partial charge on any atom is -0.391 e. The molecule has 4 N–H and O–H groups in total. The molecular weight excluding hydrogens is 693 g/mol. The Kier molecular flexibility index (Phi) is 41.8. The molecule has 54 heavy (non-hydrogen) atoms. The number of rotatable bonds is 45. The summed E-state index contributed by atoms with van der Waals surface area (Å²) in [6.45, 7) is 4.16. The Morgan fingerprint density at radius 2 is 0.722 bits per heavy atom. The molecule has 2 atom stereocenters. The molecule has 0 aliphatic rings. The molecule has 0 fully saturated rings. The Bertz CT molecular complexity index is 808. The average molecular weight is 788 g/mol. The van der Waals surface area contributed by atoms with Gasteiger partial charge in [0.05, 0.1) is 18.8 Å². The van der Waals surface area contributed by atoms with Crippen molar-refractivity contribution in [3.05, 3.63) is 0 Å². The number of aliphatic hydroxyl groups excluding tert-OH is 1. The van der Waals surface area contributed by atoms with Crippen LogP contribution in [0.25, 0.3) is 0 Å². The van der Waals surface area contributed by atoms with Crippen molar-refractivity contribution < 1.29 is 28.8 Å². The predicted octanol–water partition coefficient (Wildman–Crippen LogP) is 14.6. The van der Waals surface area contributed by atoms with Crippen LogP contribution in [0.3, 0.4) is 0 Å². The zero-order valence-electron chi connectivity index (χ0n) is 36.2. The topological polar surface area (TPSA) is 116 Å². The monoisotopic (exact) mass is 788 g/mol. The molecule has 0 bridgehead atoms. The number of phosphoric acid groups is 1. The quantitative estimate of drug-likeness (QED) is 0.0361. The molecule has 0 spiro atoms. The van der Waals surface area contributed by atoms with E-state index < -0.39 is 26.6 Å². The summed E-state index contributed by atoms with van der Waals surface area (Å²) in [5.74, 6) is -0.187. The van der Waals surface area contributed by atoms with Crippen LogP contribution >= 0.6 is 7.82 Å². The number of nitrogens with one attached hydrogen (secondary N) is 1. The lowest BCUT2D eigenvalue weighted by Crippen LogP contribution is -2.46. The SMILES string of the molecule is CCCCCCCCCCCCCCCCCCCCCCCC(=O)N[C@@H](COP(=O)(O)O)[C@H](O)CCCCCCCCCCCCCCCCCCC. The largest absolute Gasteiger partial charge is 0.469 e. The number of amides is 1. The van der Waals surface area contributed by atoms with E-state index in [9.17, 15) is 24.3 Å². The van der Waals surface area contributed by atoms with Crippen molar-refractivity contribution in [2.24, 2.45) is 0 Å². The Morgan fingerprint density at radius 3 is 1.00 bits per heavy atom. The lowest BCUT2D eigenvalue weighted by atomic mass is 10.0. The number of carbonyl (C=O) groups is 1. The highest BCUT2D eigenvalue weighted by molar-refractivity contribution is 7.46. The number of phosphoric ester groups is 1. The van der Waals surface area contributed by atoms with Crippen molar-refractivity contribution in [2.75, 3.05) is 6.61 Å². The fourth-order valence-electron chi connectivity index (χ4n) is 7.70. The third kappa shape index (κ3) is 42.7. The van der Waals surface area contributed by atoms with Gasteiger partial charge in [0.25, 0.3) is 0 Å².